The van der Waals surface area contributed by atoms with Crippen LogP contribution in [0, 0.1) is 18.8 Å². The lowest BCUT2D eigenvalue weighted by atomic mass is 10.1. The molecule has 1 aliphatic carbocycles. The van der Waals surface area contributed by atoms with Gasteiger partial charge >= 0.3 is 0 Å². The maximum Gasteiger partial charge on any atom is 0.202 e. The Morgan fingerprint density at radius 2 is 2.36 bits per heavy atom. The Labute approximate surface area is 89.1 Å². The van der Waals surface area contributed by atoms with Crippen molar-refractivity contribution in [2.45, 2.75) is 33.1 Å². The Hall–Kier alpha value is -0.640. The van der Waals surface area contributed by atoms with Gasteiger partial charge in [-0.3, -0.25) is 0 Å². The van der Waals surface area contributed by atoms with Crippen LogP contribution in [0.2, 0.25) is 0 Å². The molecule has 78 valence electrons. The van der Waals surface area contributed by atoms with Gasteiger partial charge in [-0.05, 0) is 31.6 Å². The number of nitrogens with one attached hydrogen (secondary N) is 1. The van der Waals surface area contributed by atoms with E-state index in [9.17, 15) is 0 Å². The van der Waals surface area contributed by atoms with Crippen LogP contribution in [0.4, 0.5) is 5.13 Å². The van der Waals surface area contributed by atoms with Crippen molar-refractivity contribution in [2.75, 3.05) is 11.9 Å². The van der Waals surface area contributed by atoms with Crippen LogP contribution < -0.4 is 5.32 Å². The summed E-state index contributed by atoms with van der Waals surface area (Å²) in [7, 11) is 0. The van der Waals surface area contributed by atoms with Crippen molar-refractivity contribution in [2.24, 2.45) is 11.8 Å². The molecule has 1 heterocycles. The van der Waals surface area contributed by atoms with Crippen LogP contribution in [0.15, 0.2) is 0 Å². The van der Waals surface area contributed by atoms with E-state index in [1.807, 2.05) is 6.92 Å². The van der Waals surface area contributed by atoms with Crippen LogP contribution in [-0.2, 0) is 0 Å². The Balaban J connectivity index is 1.77. The highest BCUT2D eigenvalue weighted by atomic mass is 32.1. The molecule has 3 nitrogen and oxygen atoms in total. The van der Waals surface area contributed by atoms with Gasteiger partial charge in [0.15, 0.2) is 0 Å². The van der Waals surface area contributed by atoms with Gasteiger partial charge in [0.2, 0.25) is 5.13 Å². The van der Waals surface area contributed by atoms with E-state index in [1.165, 1.54) is 30.8 Å². The molecule has 4 heteroatoms. The van der Waals surface area contributed by atoms with E-state index in [2.05, 4.69) is 21.6 Å². The van der Waals surface area contributed by atoms with Crippen LogP contribution in [0.5, 0.6) is 0 Å². The summed E-state index contributed by atoms with van der Waals surface area (Å²) in [5.41, 5.74) is 0. The topological polar surface area (TPSA) is 37.8 Å². The SMILES string of the molecule is Cc1nsc(NCC2CCC(C)C2)n1. The van der Waals surface area contributed by atoms with Crippen molar-refractivity contribution in [1.29, 1.82) is 0 Å². The molecule has 1 aromatic rings. The van der Waals surface area contributed by atoms with E-state index in [0.29, 0.717) is 0 Å². The molecule has 2 rings (SSSR count). The van der Waals surface area contributed by atoms with Crippen molar-refractivity contribution in [3.63, 3.8) is 0 Å². The number of rotatable bonds is 3. The number of aromatic nitrogens is 2. The highest BCUT2D eigenvalue weighted by molar-refractivity contribution is 7.09. The first-order valence-corrected chi connectivity index (χ1v) is 6.05. The average Bonchev–Trinajstić information content (AvgIpc) is 2.72. The smallest absolute Gasteiger partial charge is 0.202 e. The summed E-state index contributed by atoms with van der Waals surface area (Å²) in [5, 5.41) is 4.35. The van der Waals surface area contributed by atoms with Crippen LogP contribution >= 0.6 is 11.5 Å². The summed E-state index contributed by atoms with van der Waals surface area (Å²) < 4.78 is 4.14. The minimum Gasteiger partial charge on any atom is -0.360 e. The van der Waals surface area contributed by atoms with Crippen LogP contribution in [0.1, 0.15) is 32.0 Å². The predicted octanol–water partition coefficient (Wildman–Crippen LogP) is 2.69. The molecular formula is C10H17N3S. The van der Waals surface area contributed by atoms with Crippen molar-refractivity contribution in [3.8, 4) is 0 Å². The summed E-state index contributed by atoms with van der Waals surface area (Å²) in [5.74, 6) is 2.63. The molecule has 2 atom stereocenters. The van der Waals surface area contributed by atoms with E-state index in [4.69, 9.17) is 0 Å². The van der Waals surface area contributed by atoms with Gasteiger partial charge in [-0.25, -0.2) is 4.98 Å². The maximum atomic E-state index is 4.29. The van der Waals surface area contributed by atoms with Gasteiger partial charge in [-0.2, -0.15) is 4.37 Å². The molecule has 0 aromatic carbocycles. The first-order valence-electron chi connectivity index (χ1n) is 5.28. The normalized spacial score (nSPS) is 26.7. The first kappa shape index (κ1) is 9.90. The number of hydrogen-bond donors (Lipinski definition) is 1. The molecule has 1 aliphatic rings. The second-order valence-corrected chi connectivity index (χ2v) is 5.06. The quantitative estimate of drug-likeness (QED) is 0.835. The maximum absolute atomic E-state index is 4.29. The highest BCUT2D eigenvalue weighted by Crippen LogP contribution is 2.30. The van der Waals surface area contributed by atoms with E-state index in [0.717, 1.165) is 29.3 Å². The number of hydrogen-bond acceptors (Lipinski definition) is 4. The van der Waals surface area contributed by atoms with Crippen molar-refractivity contribution in [3.05, 3.63) is 5.82 Å². The number of nitrogens with zero attached hydrogens (tertiary/aromatic N) is 2. The molecule has 0 radical (unpaired) electrons. The molecule has 14 heavy (non-hydrogen) atoms. The minimum atomic E-state index is 0.842. The van der Waals surface area contributed by atoms with Crippen molar-refractivity contribution >= 4 is 16.7 Å². The second-order valence-electron chi connectivity index (χ2n) is 4.31. The Bertz CT molecular complexity index is 297. The zero-order chi connectivity index (χ0) is 9.97. The Kier molecular flexibility index (Phi) is 3.01. The highest BCUT2D eigenvalue weighted by Gasteiger charge is 2.20. The zero-order valence-corrected chi connectivity index (χ0v) is 9.60. The van der Waals surface area contributed by atoms with Crippen LogP contribution in [0.25, 0.3) is 0 Å². The Morgan fingerprint density at radius 1 is 1.50 bits per heavy atom. The van der Waals surface area contributed by atoms with Crippen LogP contribution in [-0.4, -0.2) is 15.9 Å². The third kappa shape index (κ3) is 2.44. The van der Waals surface area contributed by atoms with Crippen molar-refractivity contribution < 1.29 is 0 Å². The van der Waals surface area contributed by atoms with E-state index in [-0.39, 0.29) is 0 Å². The lowest BCUT2D eigenvalue weighted by Gasteiger charge is -2.09. The lowest BCUT2D eigenvalue weighted by Crippen LogP contribution is -2.11. The molecule has 0 saturated heterocycles. The Morgan fingerprint density at radius 3 is 2.93 bits per heavy atom. The largest absolute Gasteiger partial charge is 0.360 e. The summed E-state index contributed by atoms with van der Waals surface area (Å²) in [6.45, 7) is 5.34. The molecular weight excluding hydrogens is 194 g/mol. The fourth-order valence-corrected chi connectivity index (χ4v) is 2.69. The molecule has 1 fully saturated rings. The second kappa shape index (κ2) is 4.26. The van der Waals surface area contributed by atoms with Gasteiger partial charge in [0, 0.05) is 18.1 Å². The minimum absolute atomic E-state index is 0.842. The molecule has 0 aliphatic heterocycles. The summed E-state index contributed by atoms with van der Waals surface area (Å²) in [6, 6.07) is 0. The monoisotopic (exact) mass is 211 g/mol. The predicted molar refractivity (Wildman–Crippen MR) is 59.6 cm³/mol. The molecule has 0 spiro atoms. The molecule has 1 N–H and O–H groups in total. The molecule has 1 saturated carbocycles. The van der Waals surface area contributed by atoms with Gasteiger partial charge in [0.05, 0.1) is 0 Å². The third-order valence-corrected chi connectivity index (χ3v) is 3.64. The van der Waals surface area contributed by atoms with E-state index < -0.39 is 0 Å². The first-order chi connectivity index (χ1) is 6.74. The average molecular weight is 211 g/mol. The summed E-state index contributed by atoms with van der Waals surface area (Å²) in [4.78, 5) is 4.29. The molecule has 0 bridgehead atoms. The molecule has 2 unspecified atom stereocenters. The van der Waals surface area contributed by atoms with E-state index >= 15 is 0 Å². The molecule has 0 amide bonds. The third-order valence-electron chi connectivity index (χ3n) is 2.87. The summed E-state index contributed by atoms with van der Waals surface area (Å²) >= 11 is 1.46. The summed E-state index contributed by atoms with van der Waals surface area (Å²) in [6.07, 6.45) is 4.12. The van der Waals surface area contributed by atoms with Gasteiger partial charge in [0.25, 0.3) is 0 Å². The van der Waals surface area contributed by atoms with Crippen LogP contribution in [0.3, 0.4) is 0 Å². The fourth-order valence-electron chi connectivity index (χ4n) is 2.11. The van der Waals surface area contributed by atoms with Gasteiger partial charge in [0.1, 0.15) is 5.82 Å². The molecule has 1 aromatic heterocycles. The zero-order valence-electron chi connectivity index (χ0n) is 8.79. The van der Waals surface area contributed by atoms with Gasteiger partial charge < -0.3 is 5.32 Å². The van der Waals surface area contributed by atoms with Crippen molar-refractivity contribution in [1.82, 2.24) is 9.36 Å². The lowest BCUT2D eigenvalue weighted by molar-refractivity contribution is 0.537. The fraction of sp³-hybridized carbons (Fsp3) is 0.800. The number of anilines is 1. The number of aryl methyl sites for hydroxylation is 1. The van der Waals surface area contributed by atoms with Gasteiger partial charge in [-0.15, -0.1) is 0 Å². The van der Waals surface area contributed by atoms with Gasteiger partial charge in [-0.1, -0.05) is 13.3 Å². The van der Waals surface area contributed by atoms with E-state index in [1.54, 1.807) is 0 Å². The standard InChI is InChI=1S/C10H17N3S/c1-7-3-4-9(5-7)6-11-10-12-8(2)13-14-10/h7,9H,3-6H2,1-2H3,(H,11,12,13).